The van der Waals surface area contributed by atoms with E-state index in [0.717, 1.165) is 5.56 Å². The molecule has 0 unspecified atom stereocenters. The van der Waals surface area contributed by atoms with Crippen molar-refractivity contribution in [1.82, 2.24) is 0 Å². The number of aldehydes is 1. The fourth-order valence-corrected chi connectivity index (χ4v) is 0.702. The number of carbonyl (C=O) groups is 1. The van der Waals surface area contributed by atoms with Gasteiger partial charge in [0.1, 0.15) is 0 Å². The molecule has 0 fully saturated rings. The Bertz CT molecular complexity index is 258. The predicted octanol–water partition coefficient (Wildman–Crippen LogP) is 1.31. The van der Waals surface area contributed by atoms with Crippen molar-refractivity contribution in [3.8, 4) is 5.75 Å². The third-order valence-corrected chi connectivity index (χ3v) is 1.22. The number of phenolic OH excluding ortho intramolecular Hbond substituents is 1. The SMILES string of the molecule is Cc1[c-]c(C=O)c(O)cc1.[Y]. The van der Waals surface area contributed by atoms with Gasteiger partial charge >= 0.3 is 0 Å². The number of phenols is 1. The van der Waals surface area contributed by atoms with E-state index in [1.807, 2.05) is 6.92 Å². The fraction of sp³-hybridized carbons (Fsp3) is 0.125. The van der Waals surface area contributed by atoms with Crippen LogP contribution >= 0.6 is 0 Å². The van der Waals surface area contributed by atoms with E-state index in [1.165, 1.54) is 6.07 Å². The Kier molecular flexibility index (Phi) is 4.54. The summed E-state index contributed by atoms with van der Waals surface area (Å²) in [6, 6.07) is 5.89. The van der Waals surface area contributed by atoms with Crippen LogP contribution in [0.4, 0.5) is 0 Å². The molecule has 55 valence electrons. The van der Waals surface area contributed by atoms with Gasteiger partial charge in [-0.3, -0.25) is 0 Å². The maximum atomic E-state index is 10.2. The first kappa shape index (κ1) is 10.8. The summed E-state index contributed by atoms with van der Waals surface area (Å²) in [5.74, 6) is -0.0133. The summed E-state index contributed by atoms with van der Waals surface area (Å²) in [4.78, 5) is 10.2. The number of aryl methyl sites for hydroxylation is 1. The summed E-state index contributed by atoms with van der Waals surface area (Å²) in [5, 5.41) is 8.97. The van der Waals surface area contributed by atoms with Crippen molar-refractivity contribution < 1.29 is 42.6 Å². The van der Waals surface area contributed by atoms with E-state index in [4.69, 9.17) is 5.11 Å². The third-order valence-electron chi connectivity index (χ3n) is 1.22. The van der Waals surface area contributed by atoms with Crippen molar-refractivity contribution >= 4 is 6.29 Å². The van der Waals surface area contributed by atoms with Crippen LogP contribution in [0.15, 0.2) is 12.1 Å². The molecule has 0 aliphatic carbocycles. The molecule has 1 aromatic carbocycles. The quantitative estimate of drug-likeness (QED) is 0.576. The number of aromatic hydroxyl groups is 1. The Balaban J connectivity index is 0.000001000. The Morgan fingerprint density at radius 1 is 1.55 bits per heavy atom. The average molecular weight is 224 g/mol. The second kappa shape index (κ2) is 4.63. The standard InChI is InChI=1S/C8H7O2.Y/c1-6-2-3-8(10)7(4-6)5-9;/h2-3,5,10H,1H3;/q-1;. The summed E-state index contributed by atoms with van der Waals surface area (Å²) in [7, 11) is 0. The van der Waals surface area contributed by atoms with Crippen molar-refractivity contribution in [2.45, 2.75) is 6.92 Å². The van der Waals surface area contributed by atoms with Gasteiger partial charge in [-0.2, -0.15) is 0 Å². The van der Waals surface area contributed by atoms with Crippen molar-refractivity contribution in [2.75, 3.05) is 0 Å². The average Bonchev–Trinajstić information content (AvgIpc) is 1.94. The van der Waals surface area contributed by atoms with Crippen LogP contribution in [-0.4, -0.2) is 11.4 Å². The predicted molar refractivity (Wildman–Crippen MR) is 37.1 cm³/mol. The molecule has 0 aliphatic rings. The van der Waals surface area contributed by atoms with E-state index in [2.05, 4.69) is 6.07 Å². The van der Waals surface area contributed by atoms with Crippen LogP contribution in [0.2, 0.25) is 0 Å². The van der Waals surface area contributed by atoms with Crippen LogP contribution in [-0.2, 0) is 32.7 Å². The molecular weight excluding hydrogens is 217 g/mol. The number of carbonyl (C=O) groups excluding carboxylic acids is 1. The molecule has 0 atom stereocenters. The third kappa shape index (κ3) is 2.72. The summed E-state index contributed by atoms with van der Waals surface area (Å²) in [6.45, 7) is 1.81. The molecule has 0 saturated carbocycles. The van der Waals surface area contributed by atoms with Gasteiger partial charge in [0.25, 0.3) is 0 Å². The van der Waals surface area contributed by atoms with Gasteiger partial charge in [-0.1, -0.05) is 12.5 Å². The number of benzene rings is 1. The van der Waals surface area contributed by atoms with Crippen molar-refractivity contribution in [3.05, 3.63) is 29.3 Å². The van der Waals surface area contributed by atoms with Gasteiger partial charge < -0.3 is 9.90 Å². The van der Waals surface area contributed by atoms with Gasteiger partial charge in [-0.05, 0) is 0 Å². The Labute approximate surface area is 90.5 Å². The number of rotatable bonds is 1. The van der Waals surface area contributed by atoms with Gasteiger partial charge in [0.05, 0.1) is 6.29 Å². The minimum absolute atomic E-state index is 0. The number of hydrogen-bond acceptors (Lipinski definition) is 2. The maximum Gasteiger partial charge on any atom is 0.0690 e. The maximum absolute atomic E-state index is 10.2. The first-order valence-corrected chi connectivity index (χ1v) is 2.91. The topological polar surface area (TPSA) is 37.3 Å². The van der Waals surface area contributed by atoms with E-state index in [-0.39, 0.29) is 44.0 Å². The molecule has 0 amide bonds. The Hall–Kier alpha value is -0.206. The van der Waals surface area contributed by atoms with Crippen molar-refractivity contribution in [1.29, 1.82) is 0 Å². The second-order valence-electron chi connectivity index (χ2n) is 2.06. The van der Waals surface area contributed by atoms with E-state index in [1.54, 1.807) is 6.07 Å². The summed E-state index contributed by atoms with van der Waals surface area (Å²) < 4.78 is 0. The molecule has 0 aliphatic heterocycles. The summed E-state index contributed by atoms with van der Waals surface area (Å²) in [5.41, 5.74) is 1.07. The molecule has 0 aromatic heterocycles. The van der Waals surface area contributed by atoms with E-state index in [9.17, 15) is 4.79 Å². The first-order valence-electron chi connectivity index (χ1n) is 2.91. The number of hydrogen-bond donors (Lipinski definition) is 1. The van der Waals surface area contributed by atoms with Crippen LogP contribution < -0.4 is 0 Å². The Morgan fingerprint density at radius 3 is 2.64 bits per heavy atom. The molecule has 3 heteroatoms. The molecule has 2 nitrogen and oxygen atoms in total. The van der Waals surface area contributed by atoms with Crippen LogP contribution in [0.1, 0.15) is 15.9 Å². The second-order valence-corrected chi connectivity index (χ2v) is 2.06. The molecule has 0 heterocycles. The van der Waals surface area contributed by atoms with E-state index < -0.39 is 0 Å². The zero-order valence-corrected chi connectivity index (χ0v) is 9.00. The van der Waals surface area contributed by atoms with Crippen LogP contribution in [0, 0.1) is 13.0 Å². The van der Waals surface area contributed by atoms with E-state index in [0.29, 0.717) is 6.29 Å². The van der Waals surface area contributed by atoms with Crippen molar-refractivity contribution in [3.63, 3.8) is 0 Å². The molecule has 1 aromatic rings. The van der Waals surface area contributed by atoms with Crippen LogP contribution in [0.25, 0.3) is 0 Å². The smallest absolute Gasteiger partial charge is 0.0690 e. The van der Waals surface area contributed by atoms with Gasteiger partial charge in [0, 0.05) is 38.5 Å². The summed E-state index contributed by atoms with van der Waals surface area (Å²) >= 11 is 0. The molecular formula is C8H7O2Y-. The minimum Gasteiger partial charge on any atom is -0.552 e. The molecule has 0 bridgehead atoms. The van der Waals surface area contributed by atoms with Gasteiger partial charge in [-0.25, -0.2) is 0 Å². The van der Waals surface area contributed by atoms with Gasteiger partial charge in [-0.15, -0.1) is 23.8 Å². The zero-order chi connectivity index (χ0) is 7.56. The minimum atomic E-state index is -0.0133. The molecule has 1 radical (unpaired) electrons. The first-order chi connectivity index (χ1) is 4.74. The van der Waals surface area contributed by atoms with Gasteiger partial charge in [0.15, 0.2) is 0 Å². The molecule has 1 N–H and O–H groups in total. The van der Waals surface area contributed by atoms with Crippen molar-refractivity contribution in [2.24, 2.45) is 0 Å². The monoisotopic (exact) mass is 224 g/mol. The fourth-order valence-electron chi connectivity index (χ4n) is 0.702. The molecule has 0 saturated heterocycles. The summed E-state index contributed by atoms with van der Waals surface area (Å²) in [6.07, 6.45) is 0.586. The molecule has 11 heavy (non-hydrogen) atoms. The van der Waals surface area contributed by atoms with Crippen LogP contribution in [0.5, 0.6) is 5.75 Å². The largest absolute Gasteiger partial charge is 0.552 e. The zero-order valence-electron chi connectivity index (χ0n) is 6.16. The van der Waals surface area contributed by atoms with Crippen LogP contribution in [0.3, 0.4) is 0 Å². The molecule has 0 spiro atoms. The van der Waals surface area contributed by atoms with Gasteiger partial charge in [0.2, 0.25) is 0 Å². The van der Waals surface area contributed by atoms with E-state index >= 15 is 0 Å². The Morgan fingerprint density at radius 2 is 2.18 bits per heavy atom. The molecule has 1 rings (SSSR count). The normalized spacial score (nSPS) is 8.45.